The van der Waals surface area contributed by atoms with Crippen LogP contribution in [0.2, 0.25) is 13.1 Å². The average Bonchev–Trinajstić information content (AvgIpc) is 2.03. The number of aldehydes is 1. The Morgan fingerprint density at radius 3 is 2.58 bits per heavy atom. The van der Waals surface area contributed by atoms with E-state index in [1.807, 2.05) is 17.9 Å². The Kier molecular flexibility index (Phi) is 6.65. The Bertz CT molecular complexity index is 148. The van der Waals surface area contributed by atoms with Gasteiger partial charge in [0.15, 0.2) is 8.96 Å². The van der Waals surface area contributed by atoms with E-state index in [1.54, 1.807) is 0 Å². The molecule has 4 heteroatoms. The van der Waals surface area contributed by atoms with Crippen molar-refractivity contribution in [3.8, 4) is 0 Å². The number of rotatable bonds is 6. The van der Waals surface area contributed by atoms with E-state index in [0.29, 0.717) is 6.42 Å². The van der Waals surface area contributed by atoms with Gasteiger partial charge in [-0.3, -0.25) is 0 Å². The lowest BCUT2D eigenvalue weighted by atomic mass is 10.3. The Morgan fingerprint density at radius 2 is 2.08 bits per heavy atom. The van der Waals surface area contributed by atoms with E-state index in [2.05, 4.69) is 18.2 Å². The zero-order valence-corrected chi connectivity index (χ0v) is 9.31. The molecule has 0 saturated carbocycles. The van der Waals surface area contributed by atoms with Gasteiger partial charge in [0, 0.05) is 19.7 Å². The van der Waals surface area contributed by atoms with Crippen molar-refractivity contribution in [1.29, 1.82) is 0 Å². The summed E-state index contributed by atoms with van der Waals surface area (Å²) < 4.78 is 2.04. The zero-order valence-electron chi connectivity index (χ0n) is 8.16. The van der Waals surface area contributed by atoms with Crippen LogP contribution < -0.4 is 0 Å². The van der Waals surface area contributed by atoms with Crippen LogP contribution in [-0.2, 0) is 4.79 Å². The van der Waals surface area contributed by atoms with Crippen LogP contribution in [0.3, 0.4) is 0 Å². The van der Waals surface area contributed by atoms with Crippen LogP contribution in [0.5, 0.6) is 0 Å². The molecule has 0 aliphatic heterocycles. The van der Waals surface area contributed by atoms with Crippen LogP contribution in [-0.4, -0.2) is 33.2 Å². The molecule has 0 fully saturated rings. The maximum absolute atomic E-state index is 9.96. The molecule has 0 aliphatic carbocycles. The minimum absolute atomic E-state index is 0.648. The summed E-state index contributed by atoms with van der Waals surface area (Å²) in [6.07, 6.45) is 5.32. The van der Waals surface area contributed by atoms with Gasteiger partial charge >= 0.3 is 0 Å². The molecule has 0 N–H and O–H groups in total. The Balaban J connectivity index is 3.41. The molecule has 0 amide bonds. The summed E-state index contributed by atoms with van der Waals surface area (Å²) >= 11 is 0. The molecule has 0 rings (SSSR count). The first kappa shape index (κ1) is 11.4. The molecule has 0 aromatic rings. The number of nitrogens with zero attached hydrogens (tertiary/aromatic N) is 2. The topological polar surface area (TPSA) is 32.7 Å². The number of unbranched alkanes of at least 4 members (excludes halogenated alkanes) is 2. The first-order valence-corrected chi connectivity index (χ1v) is 7.20. The molecular formula is C8H18N2OSi. The highest BCUT2D eigenvalue weighted by molar-refractivity contribution is 6.52. The van der Waals surface area contributed by atoms with Crippen LogP contribution >= 0.6 is 0 Å². The highest BCUT2D eigenvalue weighted by Crippen LogP contribution is 1.92. The van der Waals surface area contributed by atoms with E-state index in [4.69, 9.17) is 0 Å². The van der Waals surface area contributed by atoms with Crippen LogP contribution in [0, 0.1) is 0 Å². The molecule has 0 aromatic heterocycles. The number of carbonyl (C=O) groups excluding carboxylic acids is 1. The van der Waals surface area contributed by atoms with Crippen LogP contribution in [0.1, 0.15) is 19.3 Å². The van der Waals surface area contributed by atoms with Crippen LogP contribution in [0.15, 0.2) is 5.10 Å². The molecule has 0 aliphatic rings. The van der Waals surface area contributed by atoms with Gasteiger partial charge in [-0.1, -0.05) is 13.1 Å². The van der Waals surface area contributed by atoms with E-state index >= 15 is 0 Å². The fourth-order valence-electron chi connectivity index (χ4n) is 0.612. The van der Waals surface area contributed by atoms with Crippen molar-refractivity contribution >= 4 is 21.5 Å². The van der Waals surface area contributed by atoms with Crippen molar-refractivity contribution in [1.82, 2.24) is 4.67 Å². The monoisotopic (exact) mass is 186 g/mol. The van der Waals surface area contributed by atoms with Crippen molar-refractivity contribution in [3.63, 3.8) is 0 Å². The second-order valence-corrected chi connectivity index (χ2v) is 6.00. The molecule has 0 saturated heterocycles. The van der Waals surface area contributed by atoms with Gasteiger partial charge in [-0.05, 0) is 12.8 Å². The molecular weight excluding hydrogens is 168 g/mol. The number of hydrogen-bond acceptors (Lipinski definition) is 3. The summed E-state index contributed by atoms with van der Waals surface area (Å²) in [5.41, 5.74) is 0. The normalized spacial score (nSPS) is 11.0. The van der Waals surface area contributed by atoms with E-state index in [1.165, 1.54) is 0 Å². The predicted octanol–water partition coefficient (Wildman–Crippen LogP) is 1.26. The van der Waals surface area contributed by atoms with Gasteiger partial charge in [0.2, 0.25) is 0 Å². The van der Waals surface area contributed by atoms with E-state index in [0.717, 1.165) is 19.1 Å². The lowest BCUT2D eigenvalue weighted by Crippen LogP contribution is -2.24. The van der Waals surface area contributed by atoms with Gasteiger partial charge in [0.1, 0.15) is 6.29 Å². The molecule has 0 spiro atoms. The van der Waals surface area contributed by atoms with Crippen molar-refractivity contribution < 1.29 is 4.79 Å². The first-order chi connectivity index (χ1) is 5.68. The second kappa shape index (κ2) is 7.03. The molecule has 0 bridgehead atoms. The van der Waals surface area contributed by atoms with Crippen LogP contribution in [0.4, 0.5) is 0 Å². The Labute approximate surface area is 76.1 Å². The Hall–Kier alpha value is -0.643. The first-order valence-electron chi connectivity index (χ1n) is 4.37. The third-order valence-electron chi connectivity index (χ3n) is 1.67. The third-order valence-corrected chi connectivity index (χ3v) is 3.29. The minimum atomic E-state index is -0.758. The van der Waals surface area contributed by atoms with Crippen molar-refractivity contribution in [2.75, 3.05) is 7.05 Å². The van der Waals surface area contributed by atoms with Crippen molar-refractivity contribution in [2.24, 2.45) is 5.10 Å². The molecule has 0 radical (unpaired) electrons. The average molecular weight is 186 g/mol. The quantitative estimate of drug-likeness (QED) is 0.206. The molecule has 0 aromatic carbocycles. The lowest BCUT2D eigenvalue weighted by molar-refractivity contribution is -0.107. The number of carbonyl (C=O) groups is 1. The summed E-state index contributed by atoms with van der Waals surface area (Å²) in [6.45, 7) is 4.45. The number of hydrazone groups is 1. The van der Waals surface area contributed by atoms with Crippen LogP contribution in [0.25, 0.3) is 0 Å². The molecule has 0 atom stereocenters. The summed E-state index contributed by atoms with van der Waals surface area (Å²) in [4.78, 5) is 9.96. The second-order valence-electron chi connectivity index (χ2n) is 3.06. The largest absolute Gasteiger partial charge is 0.331 e. The third kappa shape index (κ3) is 6.09. The smallest absolute Gasteiger partial charge is 0.156 e. The van der Waals surface area contributed by atoms with Crippen molar-refractivity contribution in [3.05, 3.63) is 0 Å². The molecule has 12 heavy (non-hydrogen) atoms. The summed E-state index contributed by atoms with van der Waals surface area (Å²) in [5, 5.41) is 4.25. The molecule has 3 nitrogen and oxygen atoms in total. The van der Waals surface area contributed by atoms with Gasteiger partial charge in [-0.25, -0.2) is 0 Å². The minimum Gasteiger partial charge on any atom is -0.331 e. The highest BCUT2D eigenvalue weighted by atomic mass is 28.3. The van der Waals surface area contributed by atoms with Crippen molar-refractivity contribution in [2.45, 2.75) is 32.4 Å². The summed E-state index contributed by atoms with van der Waals surface area (Å²) in [7, 11) is 1.25. The van der Waals surface area contributed by atoms with Gasteiger partial charge in [0.25, 0.3) is 0 Å². The van der Waals surface area contributed by atoms with E-state index in [9.17, 15) is 4.79 Å². The molecule has 70 valence electrons. The zero-order chi connectivity index (χ0) is 9.40. The predicted molar refractivity (Wildman–Crippen MR) is 55.0 cm³/mol. The summed E-state index contributed by atoms with van der Waals surface area (Å²) in [6, 6.07) is 0. The van der Waals surface area contributed by atoms with Gasteiger partial charge in [0.05, 0.1) is 0 Å². The molecule has 0 heterocycles. The maximum Gasteiger partial charge on any atom is 0.156 e. The van der Waals surface area contributed by atoms with Gasteiger partial charge in [-0.15, -0.1) is 0 Å². The van der Waals surface area contributed by atoms with Gasteiger partial charge < -0.3 is 9.47 Å². The summed E-state index contributed by atoms with van der Waals surface area (Å²) in [5.74, 6) is 0. The Morgan fingerprint density at radius 1 is 1.42 bits per heavy atom. The SMILES string of the molecule is CN(N=CCCCC=O)[SiH](C)C. The maximum atomic E-state index is 9.96. The highest BCUT2D eigenvalue weighted by Gasteiger charge is 1.98. The number of hydrogen-bond donors (Lipinski definition) is 0. The fraction of sp³-hybridized carbons (Fsp3) is 0.750. The van der Waals surface area contributed by atoms with E-state index < -0.39 is 8.96 Å². The standard InChI is InChI=1S/C8H18N2OSi/c1-10(12(2)3)9-7-5-4-6-8-11/h7-8,12H,4-6H2,1-3H3. The van der Waals surface area contributed by atoms with E-state index in [-0.39, 0.29) is 0 Å². The fourth-order valence-corrected chi connectivity index (χ4v) is 0.973. The van der Waals surface area contributed by atoms with Gasteiger partial charge in [-0.2, -0.15) is 5.10 Å². The lowest BCUT2D eigenvalue weighted by Gasteiger charge is -2.15. The molecule has 0 unspecified atom stereocenters.